The summed E-state index contributed by atoms with van der Waals surface area (Å²) in [5, 5.41) is 8.18. The molecule has 0 spiro atoms. The van der Waals surface area contributed by atoms with Crippen LogP contribution in [0, 0.1) is 13.8 Å². The Morgan fingerprint density at radius 1 is 0.966 bits per heavy atom. The number of nitrogens with one attached hydrogen (secondary N) is 2. The van der Waals surface area contributed by atoms with Crippen molar-refractivity contribution in [3.63, 3.8) is 0 Å². The van der Waals surface area contributed by atoms with E-state index in [0.717, 1.165) is 32.3 Å². The van der Waals surface area contributed by atoms with Gasteiger partial charge in [0.15, 0.2) is 0 Å². The number of carbonyl (C=O) groups is 1. The molecule has 7 heteroatoms. The normalized spacial score (nSPS) is 10.8. The molecule has 0 saturated carbocycles. The molecule has 0 aliphatic heterocycles. The van der Waals surface area contributed by atoms with Crippen LogP contribution in [0.2, 0.25) is 0 Å². The second-order valence-corrected chi connectivity index (χ2v) is 8.71. The summed E-state index contributed by atoms with van der Waals surface area (Å²) in [5.41, 5.74) is 3.95. The maximum absolute atomic E-state index is 12.4. The first-order valence-electron chi connectivity index (χ1n) is 9.15. The average Bonchev–Trinajstić information content (AvgIpc) is 3.03. The van der Waals surface area contributed by atoms with Crippen molar-refractivity contribution in [1.29, 1.82) is 0 Å². The molecule has 5 nitrogen and oxygen atoms in total. The van der Waals surface area contributed by atoms with Crippen molar-refractivity contribution in [2.45, 2.75) is 18.9 Å². The van der Waals surface area contributed by atoms with Gasteiger partial charge < -0.3 is 10.6 Å². The van der Waals surface area contributed by atoms with Crippen molar-refractivity contribution in [3.8, 4) is 0 Å². The number of nitrogens with zero attached hydrogens (tertiary/aromatic N) is 2. The van der Waals surface area contributed by atoms with Crippen LogP contribution in [0.1, 0.15) is 10.4 Å². The van der Waals surface area contributed by atoms with E-state index in [1.54, 1.807) is 17.7 Å². The third kappa shape index (κ3) is 4.58. The first-order valence-corrected chi connectivity index (χ1v) is 11.0. The number of hydrogen-bond donors (Lipinski definition) is 2. The molecule has 0 fully saturated rings. The summed E-state index contributed by atoms with van der Waals surface area (Å²) >= 11 is 3.10. The number of hydrogen-bond acceptors (Lipinski definition) is 6. The predicted octanol–water partition coefficient (Wildman–Crippen LogP) is 5.78. The molecule has 0 aliphatic carbocycles. The number of thioether (sulfide) groups is 1. The number of aromatic nitrogens is 2. The molecule has 2 N–H and O–H groups in total. The monoisotopic (exact) mass is 420 g/mol. The first-order chi connectivity index (χ1) is 14.1. The van der Waals surface area contributed by atoms with Gasteiger partial charge in [0.1, 0.15) is 16.2 Å². The molecule has 0 aliphatic rings. The standard InChI is InChI=1S/C22H20N4OS2/c1-14-15(2)29-22-20(14)21(23-13-24-22)28-12-19(27)26-18-10-8-17(9-11-18)25-16-6-4-3-5-7-16/h3-11,13,25H,12H2,1-2H3,(H,26,27). The molecule has 2 aromatic carbocycles. The summed E-state index contributed by atoms with van der Waals surface area (Å²) in [4.78, 5) is 23.3. The minimum atomic E-state index is -0.0601. The van der Waals surface area contributed by atoms with Crippen LogP contribution >= 0.6 is 23.1 Å². The minimum absolute atomic E-state index is 0.0601. The van der Waals surface area contributed by atoms with Gasteiger partial charge in [0.2, 0.25) is 5.91 Å². The number of thiophene rings is 1. The molecule has 0 atom stereocenters. The fraction of sp³-hybridized carbons (Fsp3) is 0.136. The molecule has 0 saturated heterocycles. The second kappa shape index (κ2) is 8.63. The zero-order valence-corrected chi connectivity index (χ0v) is 17.7. The Morgan fingerprint density at radius 2 is 1.66 bits per heavy atom. The lowest BCUT2D eigenvalue weighted by Crippen LogP contribution is -2.14. The molecule has 1 amide bonds. The summed E-state index contributed by atoms with van der Waals surface area (Å²) in [6, 6.07) is 17.6. The molecule has 146 valence electrons. The lowest BCUT2D eigenvalue weighted by atomic mass is 10.2. The highest BCUT2D eigenvalue weighted by Gasteiger charge is 2.13. The molecule has 2 heterocycles. The van der Waals surface area contributed by atoms with Crippen molar-refractivity contribution in [1.82, 2.24) is 9.97 Å². The largest absolute Gasteiger partial charge is 0.356 e. The zero-order valence-electron chi connectivity index (χ0n) is 16.1. The number of anilines is 3. The number of benzene rings is 2. The number of aryl methyl sites for hydroxylation is 2. The number of fused-ring (bicyclic) bond motifs is 1. The van der Waals surface area contributed by atoms with Gasteiger partial charge in [-0.3, -0.25) is 4.79 Å². The van der Waals surface area contributed by atoms with Crippen molar-refractivity contribution in [2.24, 2.45) is 0 Å². The van der Waals surface area contributed by atoms with Crippen LogP contribution in [0.4, 0.5) is 17.1 Å². The van der Waals surface area contributed by atoms with Gasteiger partial charge in [-0.05, 0) is 55.8 Å². The van der Waals surface area contributed by atoms with Crippen LogP contribution in [0.25, 0.3) is 10.2 Å². The van der Waals surface area contributed by atoms with Crippen LogP contribution in [0.3, 0.4) is 0 Å². The molecule has 2 aromatic heterocycles. The Balaban J connectivity index is 1.37. The van der Waals surface area contributed by atoms with Gasteiger partial charge >= 0.3 is 0 Å². The Kier molecular flexibility index (Phi) is 5.78. The molecular formula is C22H20N4OS2. The Labute approximate surface area is 177 Å². The molecule has 4 rings (SSSR count). The molecule has 4 aromatic rings. The van der Waals surface area contributed by atoms with E-state index in [4.69, 9.17) is 0 Å². The quantitative estimate of drug-likeness (QED) is 0.306. The summed E-state index contributed by atoms with van der Waals surface area (Å²) < 4.78 is 0. The molecule has 0 bridgehead atoms. The zero-order chi connectivity index (χ0) is 20.2. The highest BCUT2D eigenvalue weighted by atomic mass is 32.2. The van der Waals surface area contributed by atoms with E-state index in [-0.39, 0.29) is 5.91 Å². The average molecular weight is 421 g/mol. The first kappa shape index (κ1) is 19.4. The van der Waals surface area contributed by atoms with E-state index < -0.39 is 0 Å². The van der Waals surface area contributed by atoms with Crippen molar-refractivity contribution < 1.29 is 4.79 Å². The molecule has 0 unspecified atom stereocenters. The van der Waals surface area contributed by atoms with Gasteiger partial charge in [0.05, 0.1) is 5.75 Å². The van der Waals surface area contributed by atoms with Crippen LogP contribution < -0.4 is 10.6 Å². The Bertz CT molecular complexity index is 1140. The van der Waals surface area contributed by atoms with Gasteiger partial charge in [-0.25, -0.2) is 9.97 Å². The second-order valence-electron chi connectivity index (χ2n) is 6.55. The lowest BCUT2D eigenvalue weighted by Gasteiger charge is -2.09. The Morgan fingerprint density at radius 3 is 2.41 bits per heavy atom. The van der Waals surface area contributed by atoms with Gasteiger partial charge in [0.25, 0.3) is 0 Å². The molecule has 0 radical (unpaired) electrons. The van der Waals surface area contributed by atoms with E-state index in [0.29, 0.717) is 5.75 Å². The molecular weight excluding hydrogens is 400 g/mol. The van der Waals surface area contributed by atoms with Gasteiger partial charge in [-0.1, -0.05) is 30.0 Å². The van der Waals surface area contributed by atoms with Crippen molar-refractivity contribution >= 4 is 56.3 Å². The van der Waals surface area contributed by atoms with Gasteiger partial charge in [0, 0.05) is 27.3 Å². The highest BCUT2D eigenvalue weighted by molar-refractivity contribution is 8.00. The smallest absolute Gasteiger partial charge is 0.234 e. The highest BCUT2D eigenvalue weighted by Crippen LogP contribution is 2.34. The lowest BCUT2D eigenvalue weighted by molar-refractivity contribution is -0.113. The van der Waals surface area contributed by atoms with Crippen LogP contribution in [-0.4, -0.2) is 21.6 Å². The van der Waals surface area contributed by atoms with E-state index in [9.17, 15) is 4.79 Å². The third-order valence-corrected chi connectivity index (χ3v) is 6.61. The van der Waals surface area contributed by atoms with Crippen molar-refractivity contribution in [3.05, 3.63) is 71.4 Å². The van der Waals surface area contributed by atoms with Crippen LogP contribution in [-0.2, 0) is 4.79 Å². The topological polar surface area (TPSA) is 66.9 Å². The van der Waals surface area contributed by atoms with E-state index in [2.05, 4.69) is 34.4 Å². The van der Waals surface area contributed by atoms with E-state index >= 15 is 0 Å². The summed E-state index contributed by atoms with van der Waals surface area (Å²) in [6.45, 7) is 4.16. The SMILES string of the molecule is Cc1sc2ncnc(SCC(=O)Nc3ccc(Nc4ccccc4)cc3)c2c1C. The summed E-state index contributed by atoms with van der Waals surface area (Å²) in [7, 11) is 0. The van der Waals surface area contributed by atoms with Crippen LogP contribution in [0.15, 0.2) is 66.0 Å². The number of rotatable bonds is 6. The van der Waals surface area contributed by atoms with Crippen LogP contribution in [0.5, 0.6) is 0 Å². The fourth-order valence-electron chi connectivity index (χ4n) is 2.92. The Hall–Kier alpha value is -2.90. The fourth-order valence-corrected chi connectivity index (χ4v) is 4.83. The maximum Gasteiger partial charge on any atom is 0.234 e. The minimum Gasteiger partial charge on any atom is -0.356 e. The van der Waals surface area contributed by atoms with E-state index in [1.165, 1.54) is 22.2 Å². The number of amides is 1. The predicted molar refractivity (Wildman–Crippen MR) is 122 cm³/mol. The van der Waals surface area contributed by atoms with Crippen molar-refractivity contribution in [2.75, 3.05) is 16.4 Å². The number of para-hydroxylation sites is 1. The summed E-state index contributed by atoms with van der Waals surface area (Å²) in [6.07, 6.45) is 1.57. The number of carbonyl (C=O) groups excluding carboxylic acids is 1. The van der Waals surface area contributed by atoms with Gasteiger partial charge in [-0.15, -0.1) is 11.3 Å². The van der Waals surface area contributed by atoms with E-state index in [1.807, 2.05) is 54.6 Å². The third-order valence-electron chi connectivity index (χ3n) is 4.50. The maximum atomic E-state index is 12.4. The summed E-state index contributed by atoms with van der Waals surface area (Å²) in [5.74, 6) is 0.236. The van der Waals surface area contributed by atoms with Gasteiger partial charge in [-0.2, -0.15) is 0 Å². The molecule has 29 heavy (non-hydrogen) atoms.